The van der Waals surface area contributed by atoms with Gasteiger partial charge in [-0.3, -0.25) is 9.09 Å². The van der Waals surface area contributed by atoms with Gasteiger partial charge >= 0.3 is 8.25 Å². The van der Waals surface area contributed by atoms with Crippen LogP contribution in [0.2, 0.25) is 0 Å². The van der Waals surface area contributed by atoms with Crippen molar-refractivity contribution in [1.82, 2.24) is 0 Å². The molecule has 14 heavy (non-hydrogen) atoms. The summed E-state index contributed by atoms with van der Waals surface area (Å²) in [7, 11) is -2.76. The lowest BCUT2D eigenvalue weighted by Crippen LogP contribution is -2.03. The molecule has 0 radical (unpaired) electrons. The molecule has 0 aliphatic carbocycles. The molecule has 0 saturated carbocycles. The lowest BCUT2D eigenvalue weighted by molar-refractivity contribution is 0.154. The van der Waals surface area contributed by atoms with Crippen LogP contribution in [-0.4, -0.2) is 23.2 Å². The minimum absolute atomic E-state index is 0.206. The Morgan fingerprint density at radius 2 is 2.00 bits per heavy atom. The average molecular weight is 245 g/mol. The zero-order valence-corrected chi connectivity index (χ0v) is 10.5. The van der Waals surface area contributed by atoms with E-state index in [0.29, 0.717) is 12.4 Å². The van der Waals surface area contributed by atoms with E-state index in [1.807, 2.05) is 0 Å². The first-order valence-corrected chi connectivity index (χ1v) is 6.85. The quantitative estimate of drug-likeness (QED) is 0.308. The lowest BCUT2D eigenvalue weighted by Gasteiger charge is -1.98. The summed E-state index contributed by atoms with van der Waals surface area (Å²) in [6.45, 7) is 4.78. The van der Waals surface area contributed by atoms with Crippen LogP contribution in [0.1, 0.15) is 26.7 Å². The van der Waals surface area contributed by atoms with Crippen LogP contribution in [0.5, 0.6) is 0 Å². The van der Waals surface area contributed by atoms with E-state index in [2.05, 4.69) is 23.2 Å². The third-order valence-electron chi connectivity index (χ3n) is 1.11. The van der Waals surface area contributed by atoms with Crippen LogP contribution in [0.3, 0.4) is 0 Å². The molecule has 0 rings (SSSR count). The van der Waals surface area contributed by atoms with Crippen LogP contribution < -0.4 is 5.90 Å². The molecule has 0 heterocycles. The minimum Gasteiger partial charge on any atom is -0.326 e. The number of thioether (sulfide) groups is 1. The van der Waals surface area contributed by atoms with Gasteiger partial charge in [0.15, 0.2) is 0 Å². The van der Waals surface area contributed by atoms with E-state index in [9.17, 15) is 4.57 Å². The molecule has 0 spiro atoms. The van der Waals surface area contributed by atoms with Crippen LogP contribution in [0, 0.1) is 0 Å². The molecular formula is C7H20NO4PS. The fraction of sp³-hybridized carbons (Fsp3) is 1.00. The summed E-state index contributed by atoms with van der Waals surface area (Å²) < 4.78 is 14.3. The van der Waals surface area contributed by atoms with E-state index in [1.165, 1.54) is 24.6 Å². The Kier molecular flexibility index (Phi) is 19.1. The molecule has 5 nitrogen and oxygen atoms in total. The molecule has 0 fully saturated rings. The predicted molar refractivity (Wildman–Crippen MR) is 60.4 cm³/mol. The highest BCUT2D eigenvalue weighted by molar-refractivity contribution is 7.99. The van der Waals surface area contributed by atoms with Gasteiger partial charge in [-0.2, -0.15) is 0 Å². The second-order valence-electron chi connectivity index (χ2n) is 2.31. The van der Waals surface area contributed by atoms with Gasteiger partial charge in [-0.1, -0.05) is 26.7 Å². The molecule has 0 bridgehead atoms. The van der Waals surface area contributed by atoms with Crippen molar-refractivity contribution in [2.45, 2.75) is 26.7 Å². The molecule has 0 aromatic heterocycles. The van der Waals surface area contributed by atoms with E-state index >= 15 is 0 Å². The summed E-state index contributed by atoms with van der Waals surface area (Å²) in [6, 6.07) is 0. The van der Waals surface area contributed by atoms with Gasteiger partial charge in [0.25, 0.3) is 0 Å². The largest absolute Gasteiger partial charge is 0.326 e. The normalized spacial score (nSPS) is 11.7. The maximum absolute atomic E-state index is 9.93. The van der Waals surface area contributed by atoms with Crippen LogP contribution >= 0.6 is 20.0 Å². The number of hydrogen-bond donors (Lipinski definition) is 2. The molecule has 1 atom stereocenters. The van der Waals surface area contributed by atoms with E-state index in [4.69, 9.17) is 10.8 Å². The highest BCUT2D eigenvalue weighted by Gasteiger charge is 1.91. The van der Waals surface area contributed by atoms with Crippen molar-refractivity contribution in [3.63, 3.8) is 0 Å². The van der Waals surface area contributed by atoms with Crippen molar-refractivity contribution in [2.24, 2.45) is 5.90 Å². The second kappa shape index (κ2) is 15.9. The van der Waals surface area contributed by atoms with Gasteiger partial charge < -0.3 is 9.73 Å². The molecule has 0 aromatic rings. The van der Waals surface area contributed by atoms with Crippen molar-refractivity contribution in [1.29, 1.82) is 0 Å². The summed E-state index contributed by atoms with van der Waals surface area (Å²) in [6.07, 6.45) is 2.64. The van der Waals surface area contributed by atoms with E-state index in [0.717, 1.165) is 0 Å². The predicted octanol–water partition coefficient (Wildman–Crippen LogP) is 1.77. The standard InChI is InChI=1S/C4H10.C3H10NO4PS/c1-3-4-2;4-7-1-2-10-3-8-9(5)6/h3-4H2,1-2H3;9H,1-4H2,(H,5,6). The molecule has 7 heteroatoms. The molecule has 0 aliphatic rings. The number of hydrogen-bond acceptors (Lipinski definition) is 5. The van der Waals surface area contributed by atoms with Gasteiger partial charge in [-0.25, -0.2) is 5.90 Å². The van der Waals surface area contributed by atoms with Gasteiger partial charge in [-0.15, -0.1) is 11.8 Å². The first-order chi connectivity index (χ1) is 6.68. The van der Waals surface area contributed by atoms with Crippen molar-refractivity contribution in [2.75, 3.05) is 18.3 Å². The molecule has 0 aliphatic heterocycles. The van der Waals surface area contributed by atoms with Gasteiger partial charge in [0, 0.05) is 5.75 Å². The van der Waals surface area contributed by atoms with Crippen LogP contribution in [0.25, 0.3) is 0 Å². The van der Waals surface area contributed by atoms with Crippen molar-refractivity contribution < 1.29 is 18.8 Å². The monoisotopic (exact) mass is 245 g/mol. The summed E-state index contributed by atoms with van der Waals surface area (Å²) >= 11 is 1.34. The first kappa shape index (κ1) is 16.8. The Morgan fingerprint density at radius 3 is 2.36 bits per heavy atom. The van der Waals surface area contributed by atoms with Crippen molar-refractivity contribution >= 4 is 20.0 Å². The lowest BCUT2D eigenvalue weighted by atomic mass is 10.4. The highest BCUT2D eigenvalue weighted by atomic mass is 32.2. The maximum atomic E-state index is 9.93. The Hall–Kier alpha value is 0.420. The Labute approximate surface area is 90.3 Å². The molecule has 0 saturated heterocycles. The highest BCUT2D eigenvalue weighted by Crippen LogP contribution is 2.17. The number of nitrogens with two attached hydrogens (primary N) is 1. The summed E-state index contributed by atoms with van der Waals surface area (Å²) in [5.74, 6) is 5.58. The zero-order valence-electron chi connectivity index (χ0n) is 8.69. The molecule has 0 amide bonds. The van der Waals surface area contributed by atoms with E-state index < -0.39 is 8.25 Å². The molecular weight excluding hydrogens is 225 g/mol. The number of unbranched alkanes of at least 4 members (excludes halogenated alkanes) is 1. The van der Waals surface area contributed by atoms with Crippen LogP contribution in [0.15, 0.2) is 0 Å². The topological polar surface area (TPSA) is 81.8 Å². The minimum atomic E-state index is -2.76. The molecule has 1 unspecified atom stereocenters. The third-order valence-corrected chi connectivity index (χ3v) is 2.45. The summed E-state index contributed by atoms with van der Waals surface area (Å²) in [5, 5.41) is 0. The van der Waals surface area contributed by atoms with Gasteiger partial charge in [0.1, 0.15) is 5.94 Å². The maximum Gasteiger partial charge on any atom is 0.317 e. The van der Waals surface area contributed by atoms with Gasteiger partial charge in [0.05, 0.1) is 6.61 Å². The SMILES string of the molecule is CCCC.NOCCSCO[PH](=O)O. The Bertz CT molecular complexity index is 126. The van der Waals surface area contributed by atoms with Gasteiger partial charge in [-0.05, 0) is 0 Å². The van der Waals surface area contributed by atoms with Gasteiger partial charge in [0.2, 0.25) is 0 Å². The molecule has 3 N–H and O–H groups in total. The van der Waals surface area contributed by atoms with Crippen molar-refractivity contribution in [3.8, 4) is 0 Å². The second-order valence-corrected chi connectivity index (χ2v) is 4.18. The third kappa shape index (κ3) is 22.8. The van der Waals surface area contributed by atoms with E-state index in [-0.39, 0.29) is 5.94 Å². The summed E-state index contributed by atoms with van der Waals surface area (Å²) in [4.78, 5) is 12.4. The zero-order chi connectivity index (χ0) is 11.2. The average Bonchev–Trinajstić information content (AvgIpc) is 2.18. The molecule has 0 aromatic carbocycles. The number of rotatable bonds is 7. The Balaban J connectivity index is 0. The smallest absolute Gasteiger partial charge is 0.317 e. The molecule has 88 valence electrons. The fourth-order valence-electron chi connectivity index (χ4n) is 0.258. The first-order valence-electron chi connectivity index (χ1n) is 4.44. The fourth-order valence-corrected chi connectivity index (χ4v) is 1.33. The van der Waals surface area contributed by atoms with Crippen molar-refractivity contribution in [3.05, 3.63) is 0 Å². The van der Waals surface area contributed by atoms with E-state index in [1.54, 1.807) is 0 Å². The summed E-state index contributed by atoms with van der Waals surface area (Å²) in [5.41, 5.74) is 0. The Morgan fingerprint density at radius 1 is 1.43 bits per heavy atom. The van der Waals surface area contributed by atoms with Crippen LogP contribution in [0.4, 0.5) is 0 Å². The van der Waals surface area contributed by atoms with Crippen LogP contribution in [-0.2, 0) is 13.9 Å².